The molecule has 80 valence electrons. The van der Waals surface area contributed by atoms with Crippen LogP contribution in [-0.2, 0) is 11.3 Å². The molecule has 0 radical (unpaired) electrons. The molecule has 0 aromatic heterocycles. The normalized spacial score (nSPS) is 9.27. The van der Waals surface area contributed by atoms with Crippen LogP contribution in [0, 0.1) is 15.4 Å². The van der Waals surface area contributed by atoms with E-state index < -0.39 is 0 Å². The average molecular weight is 316 g/mol. The van der Waals surface area contributed by atoms with Gasteiger partial charge >= 0.3 is 0 Å². The molecule has 1 rings (SSSR count). The molecule has 15 heavy (non-hydrogen) atoms. The summed E-state index contributed by atoms with van der Waals surface area (Å²) in [5.74, 6) is 6.51. The fourth-order valence-electron chi connectivity index (χ4n) is 1.07. The molecule has 0 heterocycles. The summed E-state index contributed by atoms with van der Waals surface area (Å²) >= 11 is 2.28. The lowest BCUT2D eigenvalue weighted by Gasteiger charge is -2.06. The third-order valence-electron chi connectivity index (χ3n) is 1.86. The zero-order valence-electron chi connectivity index (χ0n) is 8.84. The molecule has 0 amide bonds. The Morgan fingerprint density at radius 1 is 1.40 bits per heavy atom. The molecule has 1 aromatic carbocycles. The van der Waals surface area contributed by atoms with Gasteiger partial charge in [-0.1, -0.05) is 5.92 Å². The summed E-state index contributed by atoms with van der Waals surface area (Å²) in [4.78, 5) is 0. The predicted octanol–water partition coefficient (Wildman–Crippen LogP) is 2.84. The summed E-state index contributed by atoms with van der Waals surface area (Å²) in [6.45, 7) is 2.85. The van der Waals surface area contributed by atoms with Crippen LogP contribution in [0.25, 0.3) is 0 Å². The number of benzene rings is 1. The van der Waals surface area contributed by atoms with E-state index in [1.807, 2.05) is 18.2 Å². The number of methoxy groups -OCH3 is 1. The van der Waals surface area contributed by atoms with Crippen LogP contribution >= 0.6 is 22.6 Å². The average Bonchev–Trinajstić information content (AvgIpc) is 2.26. The molecule has 0 atom stereocenters. The minimum absolute atomic E-state index is 0.476. The van der Waals surface area contributed by atoms with E-state index in [4.69, 9.17) is 9.47 Å². The molecular weight excluding hydrogens is 303 g/mol. The Hall–Kier alpha value is -0.730. The van der Waals surface area contributed by atoms with Crippen molar-refractivity contribution in [1.29, 1.82) is 0 Å². The smallest absolute Gasteiger partial charge is 0.119 e. The van der Waals surface area contributed by atoms with Crippen LogP contribution in [0.1, 0.15) is 12.5 Å². The first-order valence-corrected chi connectivity index (χ1v) is 5.65. The van der Waals surface area contributed by atoms with Gasteiger partial charge in [0.15, 0.2) is 0 Å². The Balaban J connectivity index is 2.61. The molecule has 0 unspecified atom stereocenters. The van der Waals surface area contributed by atoms with E-state index in [2.05, 4.69) is 34.4 Å². The van der Waals surface area contributed by atoms with Gasteiger partial charge in [-0.25, -0.2) is 0 Å². The van der Waals surface area contributed by atoms with Gasteiger partial charge in [-0.2, -0.15) is 0 Å². The summed E-state index contributed by atoms with van der Waals surface area (Å²) in [6.07, 6.45) is 0. The molecule has 2 nitrogen and oxygen atoms in total. The van der Waals surface area contributed by atoms with Gasteiger partial charge in [0.2, 0.25) is 0 Å². The van der Waals surface area contributed by atoms with Crippen LogP contribution in [0.5, 0.6) is 5.75 Å². The summed E-state index contributed by atoms with van der Waals surface area (Å²) in [6, 6.07) is 5.95. The fourth-order valence-corrected chi connectivity index (χ4v) is 1.56. The van der Waals surface area contributed by atoms with E-state index >= 15 is 0 Å². The van der Waals surface area contributed by atoms with Crippen molar-refractivity contribution in [3.8, 4) is 17.6 Å². The van der Waals surface area contributed by atoms with Crippen molar-refractivity contribution in [2.45, 2.75) is 13.5 Å². The Morgan fingerprint density at radius 2 is 2.20 bits per heavy atom. The van der Waals surface area contributed by atoms with Crippen molar-refractivity contribution in [2.24, 2.45) is 0 Å². The summed E-state index contributed by atoms with van der Waals surface area (Å²) in [7, 11) is 1.66. The van der Waals surface area contributed by atoms with Gasteiger partial charge in [0.1, 0.15) is 12.4 Å². The predicted molar refractivity (Wildman–Crippen MR) is 68.8 cm³/mol. The molecule has 0 saturated carbocycles. The topological polar surface area (TPSA) is 18.5 Å². The van der Waals surface area contributed by atoms with Crippen molar-refractivity contribution in [2.75, 3.05) is 13.7 Å². The zero-order chi connectivity index (χ0) is 11.1. The molecule has 0 aliphatic rings. The monoisotopic (exact) mass is 316 g/mol. The summed E-state index contributed by atoms with van der Waals surface area (Å²) in [5.41, 5.74) is 1.13. The maximum atomic E-state index is 5.41. The molecule has 0 fully saturated rings. The molecule has 1 aromatic rings. The van der Waals surface area contributed by atoms with Crippen molar-refractivity contribution < 1.29 is 9.47 Å². The van der Waals surface area contributed by atoms with Crippen molar-refractivity contribution >= 4 is 22.6 Å². The van der Waals surface area contributed by atoms with Gasteiger partial charge in [-0.05, 0) is 53.3 Å². The van der Waals surface area contributed by atoms with Gasteiger partial charge in [0.25, 0.3) is 0 Å². The van der Waals surface area contributed by atoms with E-state index in [1.165, 1.54) is 3.57 Å². The summed E-state index contributed by atoms with van der Waals surface area (Å²) in [5, 5.41) is 0. The summed E-state index contributed by atoms with van der Waals surface area (Å²) < 4.78 is 11.7. The van der Waals surface area contributed by atoms with Crippen molar-refractivity contribution in [1.82, 2.24) is 0 Å². The highest BCUT2D eigenvalue weighted by molar-refractivity contribution is 14.1. The molecular formula is C12H13IO2. The second kappa shape index (κ2) is 6.70. The van der Waals surface area contributed by atoms with Crippen LogP contribution in [-0.4, -0.2) is 13.7 Å². The minimum Gasteiger partial charge on any atom is -0.497 e. The lowest BCUT2D eigenvalue weighted by atomic mass is 10.2. The van der Waals surface area contributed by atoms with E-state index in [1.54, 1.807) is 14.0 Å². The van der Waals surface area contributed by atoms with Crippen LogP contribution in [0.2, 0.25) is 0 Å². The maximum absolute atomic E-state index is 5.41. The molecule has 0 bridgehead atoms. The Kier molecular flexibility index (Phi) is 5.51. The van der Waals surface area contributed by atoms with Crippen LogP contribution in [0.3, 0.4) is 0 Å². The van der Waals surface area contributed by atoms with Gasteiger partial charge in [0, 0.05) is 3.57 Å². The van der Waals surface area contributed by atoms with Gasteiger partial charge < -0.3 is 9.47 Å². The van der Waals surface area contributed by atoms with E-state index in [-0.39, 0.29) is 0 Å². The van der Waals surface area contributed by atoms with Gasteiger partial charge in [-0.3, -0.25) is 0 Å². The number of ether oxygens (including phenoxy) is 2. The highest BCUT2D eigenvalue weighted by atomic mass is 127. The quantitative estimate of drug-likeness (QED) is 0.483. The molecule has 0 aliphatic heterocycles. The van der Waals surface area contributed by atoms with Crippen LogP contribution in [0.4, 0.5) is 0 Å². The second-order valence-corrected chi connectivity index (χ2v) is 4.04. The lowest BCUT2D eigenvalue weighted by molar-refractivity contribution is 0.152. The van der Waals surface area contributed by atoms with E-state index in [0.29, 0.717) is 13.2 Å². The standard InChI is InChI=1S/C12H13IO2/c1-3-4-7-15-9-10-8-11(14-2)5-6-12(10)13/h5-6,8H,7,9H2,1-2H3. The highest BCUT2D eigenvalue weighted by Crippen LogP contribution is 2.19. The molecule has 0 spiro atoms. The van der Waals surface area contributed by atoms with Crippen LogP contribution in [0.15, 0.2) is 18.2 Å². The first kappa shape index (κ1) is 12.3. The fraction of sp³-hybridized carbons (Fsp3) is 0.333. The number of halogens is 1. The molecule has 3 heteroatoms. The third-order valence-corrected chi connectivity index (χ3v) is 2.91. The molecule has 0 saturated heterocycles. The largest absolute Gasteiger partial charge is 0.497 e. The second-order valence-electron chi connectivity index (χ2n) is 2.88. The third kappa shape index (κ3) is 4.10. The zero-order valence-corrected chi connectivity index (χ0v) is 11.0. The Labute approximate surface area is 104 Å². The highest BCUT2D eigenvalue weighted by Gasteiger charge is 2.01. The van der Waals surface area contributed by atoms with Gasteiger partial charge in [0.05, 0.1) is 13.7 Å². The number of rotatable bonds is 4. The minimum atomic E-state index is 0.476. The number of hydrogen-bond donors (Lipinski definition) is 0. The lowest BCUT2D eigenvalue weighted by Crippen LogP contribution is -1.96. The van der Waals surface area contributed by atoms with Crippen LogP contribution < -0.4 is 4.74 Å². The first-order valence-electron chi connectivity index (χ1n) is 4.57. The first-order chi connectivity index (χ1) is 7.27. The van der Waals surface area contributed by atoms with Gasteiger partial charge in [-0.15, -0.1) is 5.92 Å². The Bertz CT molecular complexity index is 377. The van der Waals surface area contributed by atoms with Crippen molar-refractivity contribution in [3.63, 3.8) is 0 Å². The van der Waals surface area contributed by atoms with E-state index in [9.17, 15) is 0 Å². The number of hydrogen-bond acceptors (Lipinski definition) is 2. The molecule has 0 N–H and O–H groups in total. The van der Waals surface area contributed by atoms with Crippen molar-refractivity contribution in [3.05, 3.63) is 27.3 Å². The Morgan fingerprint density at radius 3 is 2.87 bits per heavy atom. The molecule has 0 aliphatic carbocycles. The maximum Gasteiger partial charge on any atom is 0.119 e. The van der Waals surface area contributed by atoms with E-state index in [0.717, 1.165) is 11.3 Å². The SMILES string of the molecule is CC#CCOCc1cc(OC)ccc1I.